The topological polar surface area (TPSA) is 22.1 Å². The fourth-order valence-electron chi connectivity index (χ4n) is 1.33. The van der Waals surface area contributed by atoms with Crippen molar-refractivity contribution in [3.63, 3.8) is 0 Å². The van der Waals surface area contributed by atoms with Gasteiger partial charge in [-0.15, -0.1) is 0 Å². The monoisotopic (exact) mass is 307 g/mol. The van der Waals surface area contributed by atoms with Gasteiger partial charge in [0.15, 0.2) is 0 Å². The molecule has 0 saturated carbocycles. The third kappa shape index (κ3) is 3.52. The SMILES string of the molecule is FC(F)(F)c1cc(Cl)nc(Oc2ccccc2Cl)c1. The van der Waals surface area contributed by atoms with Gasteiger partial charge in [-0.25, -0.2) is 4.98 Å². The molecule has 0 aliphatic carbocycles. The highest BCUT2D eigenvalue weighted by molar-refractivity contribution is 6.32. The van der Waals surface area contributed by atoms with Crippen molar-refractivity contribution in [3.8, 4) is 11.6 Å². The number of para-hydroxylation sites is 1. The van der Waals surface area contributed by atoms with Crippen molar-refractivity contribution in [2.75, 3.05) is 0 Å². The van der Waals surface area contributed by atoms with Crippen molar-refractivity contribution in [3.05, 3.63) is 52.1 Å². The largest absolute Gasteiger partial charge is 0.437 e. The minimum absolute atomic E-state index is 0.201. The summed E-state index contributed by atoms with van der Waals surface area (Å²) in [6.45, 7) is 0. The Hall–Kier alpha value is -1.46. The van der Waals surface area contributed by atoms with Gasteiger partial charge in [0.25, 0.3) is 0 Å². The first-order valence-electron chi connectivity index (χ1n) is 5.03. The van der Waals surface area contributed by atoms with Crippen LogP contribution in [0.3, 0.4) is 0 Å². The molecule has 0 fully saturated rings. The number of hydrogen-bond acceptors (Lipinski definition) is 2. The number of benzene rings is 1. The van der Waals surface area contributed by atoms with E-state index in [0.717, 1.165) is 12.1 Å². The van der Waals surface area contributed by atoms with Crippen molar-refractivity contribution in [1.82, 2.24) is 4.98 Å². The summed E-state index contributed by atoms with van der Waals surface area (Å²) in [7, 11) is 0. The van der Waals surface area contributed by atoms with Crippen LogP contribution in [0, 0.1) is 0 Å². The summed E-state index contributed by atoms with van der Waals surface area (Å²) in [6.07, 6.45) is -4.52. The molecule has 19 heavy (non-hydrogen) atoms. The van der Waals surface area contributed by atoms with Crippen molar-refractivity contribution < 1.29 is 17.9 Å². The van der Waals surface area contributed by atoms with Gasteiger partial charge in [0.05, 0.1) is 10.6 Å². The number of aromatic nitrogens is 1. The fourth-order valence-corrected chi connectivity index (χ4v) is 1.70. The van der Waals surface area contributed by atoms with Gasteiger partial charge in [-0.1, -0.05) is 35.3 Å². The van der Waals surface area contributed by atoms with Crippen LogP contribution in [-0.4, -0.2) is 4.98 Å². The summed E-state index contributed by atoms with van der Waals surface area (Å²) in [4.78, 5) is 3.67. The first-order chi connectivity index (χ1) is 8.86. The summed E-state index contributed by atoms with van der Waals surface area (Å²) in [5, 5.41) is -0.0466. The van der Waals surface area contributed by atoms with E-state index in [2.05, 4.69) is 4.98 Å². The minimum atomic E-state index is -4.52. The predicted octanol–water partition coefficient (Wildman–Crippen LogP) is 5.20. The molecule has 1 heterocycles. The Labute approximate surface area is 116 Å². The van der Waals surface area contributed by atoms with Crippen LogP contribution < -0.4 is 4.74 Å². The smallest absolute Gasteiger partial charge is 0.416 e. The zero-order valence-electron chi connectivity index (χ0n) is 9.21. The molecule has 0 unspecified atom stereocenters. The van der Waals surface area contributed by atoms with Crippen LogP contribution in [0.15, 0.2) is 36.4 Å². The van der Waals surface area contributed by atoms with Crippen molar-refractivity contribution in [2.45, 2.75) is 6.18 Å². The van der Waals surface area contributed by atoms with Gasteiger partial charge >= 0.3 is 6.18 Å². The Morgan fingerprint density at radius 3 is 2.37 bits per heavy atom. The molecule has 0 atom stereocenters. The number of rotatable bonds is 2. The van der Waals surface area contributed by atoms with Gasteiger partial charge in [-0.2, -0.15) is 13.2 Å². The van der Waals surface area contributed by atoms with E-state index in [-0.39, 0.29) is 21.8 Å². The molecule has 2 nitrogen and oxygen atoms in total. The highest BCUT2D eigenvalue weighted by atomic mass is 35.5. The molecule has 0 bridgehead atoms. The third-order valence-electron chi connectivity index (χ3n) is 2.15. The average molecular weight is 308 g/mol. The normalized spacial score (nSPS) is 11.4. The van der Waals surface area contributed by atoms with E-state index in [0.29, 0.717) is 0 Å². The van der Waals surface area contributed by atoms with Crippen molar-refractivity contribution >= 4 is 23.2 Å². The first-order valence-corrected chi connectivity index (χ1v) is 5.79. The molecule has 2 rings (SSSR count). The number of nitrogens with zero attached hydrogens (tertiary/aromatic N) is 1. The molecule has 100 valence electrons. The number of halogens is 5. The standard InChI is InChI=1S/C12H6Cl2F3NO/c13-8-3-1-2-4-9(8)19-11-6-7(12(15,16)17)5-10(14)18-11/h1-6H. The van der Waals surface area contributed by atoms with Gasteiger partial charge in [0.1, 0.15) is 10.9 Å². The van der Waals surface area contributed by atoms with Crippen LogP contribution in [0.5, 0.6) is 11.6 Å². The zero-order valence-corrected chi connectivity index (χ0v) is 10.7. The fraction of sp³-hybridized carbons (Fsp3) is 0.0833. The lowest BCUT2D eigenvalue weighted by molar-refractivity contribution is -0.137. The van der Waals surface area contributed by atoms with Gasteiger partial charge in [0.2, 0.25) is 5.88 Å². The summed E-state index contributed by atoms with van der Waals surface area (Å²) < 4.78 is 43.0. The highest BCUT2D eigenvalue weighted by Gasteiger charge is 2.31. The first kappa shape index (κ1) is 14.0. The van der Waals surface area contributed by atoms with Crippen LogP contribution >= 0.6 is 23.2 Å². The molecule has 0 aliphatic heterocycles. The lowest BCUT2D eigenvalue weighted by Crippen LogP contribution is -2.05. The van der Waals surface area contributed by atoms with Gasteiger partial charge in [-0.05, 0) is 18.2 Å². The van der Waals surface area contributed by atoms with Crippen LogP contribution in [0.2, 0.25) is 10.2 Å². The lowest BCUT2D eigenvalue weighted by atomic mass is 10.2. The summed E-state index contributed by atoms with van der Waals surface area (Å²) in [5.41, 5.74) is -0.936. The van der Waals surface area contributed by atoms with Crippen molar-refractivity contribution in [2.24, 2.45) is 0 Å². The maximum absolute atomic E-state index is 12.6. The summed E-state index contributed by atoms with van der Waals surface area (Å²) >= 11 is 11.4. The second-order valence-electron chi connectivity index (χ2n) is 3.55. The minimum Gasteiger partial charge on any atom is -0.437 e. The second-order valence-corrected chi connectivity index (χ2v) is 4.34. The summed E-state index contributed by atoms with van der Waals surface area (Å²) in [6, 6.07) is 7.85. The van der Waals surface area contributed by atoms with E-state index in [1.165, 1.54) is 6.07 Å². The second kappa shape index (κ2) is 5.27. The molecule has 1 aromatic heterocycles. The molecule has 0 amide bonds. The molecule has 0 spiro atoms. The van der Waals surface area contributed by atoms with E-state index in [1.54, 1.807) is 18.2 Å². The predicted molar refractivity (Wildman–Crippen MR) is 65.8 cm³/mol. The Morgan fingerprint density at radius 1 is 1.05 bits per heavy atom. The molecular formula is C12H6Cl2F3NO. The van der Waals surface area contributed by atoms with Gasteiger partial charge < -0.3 is 4.74 Å². The van der Waals surface area contributed by atoms with E-state index in [4.69, 9.17) is 27.9 Å². The molecule has 0 radical (unpaired) electrons. The van der Waals surface area contributed by atoms with Gasteiger partial charge in [-0.3, -0.25) is 0 Å². The number of hydrogen-bond donors (Lipinski definition) is 0. The van der Waals surface area contributed by atoms with Gasteiger partial charge in [0, 0.05) is 6.07 Å². The maximum Gasteiger partial charge on any atom is 0.416 e. The van der Waals surface area contributed by atoms with Crippen LogP contribution in [0.4, 0.5) is 13.2 Å². The summed E-state index contributed by atoms with van der Waals surface area (Å²) in [5.74, 6) is -0.0695. The highest BCUT2D eigenvalue weighted by Crippen LogP contribution is 2.34. The molecule has 0 aliphatic rings. The van der Waals surface area contributed by atoms with E-state index < -0.39 is 11.7 Å². The Bertz CT molecular complexity index is 602. The van der Waals surface area contributed by atoms with Crippen LogP contribution in [0.1, 0.15) is 5.56 Å². The third-order valence-corrected chi connectivity index (χ3v) is 2.65. The number of pyridine rings is 1. The molecule has 2 aromatic rings. The number of alkyl halides is 3. The van der Waals surface area contributed by atoms with Crippen LogP contribution in [-0.2, 0) is 6.18 Å². The lowest BCUT2D eigenvalue weighted by Gasteiger charge is -2.10. The van der Waals surface area contributed by atoms with E-state index in [9.17, 15) is 13.2 Å². The maximum atomic E-state index is 12.6. The van der Waals surface area contributed by atoms with E-state index >= 15 is 0 Å². The molecule has 7 heteroatoms. The quantitative estimate of drug-likeness (QED) is 0.711. The Kier molecular flexibility index (Phi) is 3.87. The average Bonchev–Trinajstić information content (AvgIpc) is 2.30. The molecule has 0 saturated heterocycles. The molecule has 1 aromatic carbocycles. The van der Waals surface area contributed by atoms with Crippen LogP contribution in [0.25, 0.3) is 0 Å². The molecular weight excluding hydrogens is 302 g/mol. The van der Waals surface area contributed by atoms with E-state index in [1.807, 2.05) is 0 Å². The Morgan fingerprint density at radius 2 is 1.74 bits per heavy atom. The number of ether oxygens (including phenoxy) is 1. The van der Waals surface area contributed by atoms with Crippen molar-refractivity contribution in [1.29, 1.82) is 0 Å². The molecule has 0 N–H and O–H groups in total. The Balaban J connectivity index is 2.36. The zero-order chi connectivity index (χ0) is 14.0.